The highest BCUT2D eigenvalue weighted by Crippen LogP contribution is 2.34. The topological polar surface area (TPSA) is 62.3 Å². The number of rotatable bonds is 5. The number of benzene rings is 1. The van der Waals surface area contributed by atoms with Crippen LogP contribution in [0.15, 0.2) is 18.2 Å². The van der Waals surface area contributed by atoms with Crippen molar-refractivity contribution in [2.24, 2.45) is 11.7 Å². The first kappa shape index (κ1) is 15.7. The van der Waals surface area contributed by atoms with E-state index in [1.165, 1.54) is 19.3 Å². The molecule has 1 saturated carbocycles. The van der Waals surface area contributed by atoms with Crippen LogP contribution in [0.4, 0.5) is 5.69 Å². The van der Waals surface area contributed by atoms with Crippen molar-refractivity contribution in [2.75, 3.05) is 25.1 Å². The Morgan fingerprint density at radius 1 is 1.38 bits per heavy atom. The molecule has 21 heavy (non-hydrogen) atoms. The maximum atomic E-state index is 9.41. The summed E-state index contributed by atoms with van der Waals surface area (Å²) in [7, 11) is 1.66. The molecular formula is C17H25N3O. The van der Waals surface area contributed by atoms with Crippen molar-refractivity contribution in [3.8, 4) is 11.8 Å². The van der Waals surface area contributed by atoms with Crippen molar-refractivity contribution < 1.29 is 4.74 Å². The van der Waals surface area contributed by atoms with Gasteiger partial charge in [0.05, 0.1) is 18.4 Å². The quantitative estimate of drug-likeness (QED) is 0.904. The average molecular weight is 287 g/mol. The minimum absolute atomic E-state index is 0.424. The van der Waals surface area contributed by atoms with Gasteiger partial charge in [0.2, 0.25) is 0 Å². The molecule has 2 atom stereocenters. The summed E-state index contributed by atoms with van der Waals surface area (Å²) in [5.41, 5.74) is 7.66. The number of nitrogens with zero attached hydrogens (tertiary/aromatic N) is 2. The third-order valence-corrected chi connectivity index (χ3v) is 4.55. The molecule has 1 aromatic carbocycles. The Morgan fingerprint density at radius 2 is 2.14 bits per heavy atom. The number of nitrogens with two attached hydrogens (primary N) is 1. The minimum atomic E-state index is 0.424. The SMILES string of the molecule is CCN(c1cc(OC)ccc1C#N)C1CCCCC1CN. The summed E-state index contributed by atoms with van der Waals surface area (Å²) in [4.78, 5) is 2.34. The van der Waals surface area contributed by atoms with Crippen molar-refractivity contribution in [3.63, 3.8) is 0 Å². The molecular weight excluding hydrogens is 262 g/mol. The van der Waals surface area contributed by atoms with Gasteiger partial charge in [-0.3, -0.25) is 0 Å². The Balaban J connectivity index is 2.38. The molecule has 1 aliphatic carbocycles. The molecule has 0 saturated heterocycles. The van der Waals surface area contributed by atoms with Gasteiger partial charge < -0.3 is 15.4 Å². The third kappa shape index (κ3) is 3.30. The van der Waals surface area contributed by atoms with Crippen LogP contribution in [0.2, 0.25) is 0 Å². The molecule has 2 N–H and O–H groups in total. The lowest BCUT2D eigenvalue weighted by Crippen LogP contribution is -2.45. The van der Waals surface area contributed by atoms with Gasteiger partial charge in [-0.2, -0.15) is 5.26 Å². The zero-order valence-electron chi connectivity index (χ0n) is 13.0. The van der Waals surface area contributed by atoms with Gasteiger partial charge in [-0.05, 0) is 44.4 Å². The van der Waals surface area contributed by atoms with E-state index in [4.69, 9.17) is 10.5 Å². The van der Waals surface area contributed by atoms with Gasteiger partial charge in [0.1, 0.15) is 11.8 Å². The number of methoxy groups -OCH3 is 1. The van der Waals surface area contributed by atoms with Crippen molar-refractivity contribution >= 4 is 5.69 Å². The Bertz CT molecular complexity index is 509. The van der Waals surface area contributed by atoms with Crippen molar-refractivity contribution in [1.29, 1.82) is 5.26 Å². The van der Waals surface area contributed by atoms with E-state index in [0.29, 0.717) is 24.1 Å². The monoisotopic (exact) mass is 287 g/mol. The highest BCUT2D eigenvalue weighted by atomic mass is 16.5. The molecule has 1 fully saturated rings. The summed E-state index contributed by atoms with van der Waals surface area (Å²) < 4.78 is 5.33. The van der Waals surface area contributed by atoms with Crippen LogP contribution in [0.25, 0.3) is 0 Å². The molecule has 2 rings (SSSR count). The van der Waals surface area contributed by atoms with Gasteiger partial charge in [0, 0.05) is 18.7 Å². The summed E-state index contributed by atoms with van der Waals surface area (Å²) >= 11 is 0. The number of hydrogen-bond donors (Lipinski definition) is 1. The predicted molar refractivity (Wildman–Crippen MR) is 85.5 cm³/mol. The lowest BCUT2D eigenvalue weighted by molar-refractivity contribution is 0.300. The number of anilines is 1. The van der Waals surface area contributed by atoms with Crippen LogP contribution in [0.5, 0.6) is 5.75 Å². The van der Waals surface area contributed by atoms with E-state index >= 15 is 0 Å². The highest BCUT2D eigenvalue weighted by molar-refractivity contribution is 5.62. The van der Waals surface area contributed by atoms with Crippen molar-refractivity contribution in [1.82, 2.24) is 0 Å². The predicted octanol–water partition coefficient (Wildman–Crippen LogP) is 2.91. The molecule has 114 valence electrons. The van der Waals surface area contributed by atoms with Crippen molar-refractivity contribution in [3.05, 3.63) is 23.8 Å². The molecule has 0 aliphatic heterocycles. The van der Waals surface area contributed by atoms with Crippen LogP contribution < -0.4 is 15.4 Å². The van der Waals surface area contributed by atoms with E-state index in [-0.39, 0.29) is 0 Å². The first-order valence-electron chi connectivity index (χ1n) is 7.80. The molecule has 2 unspecified atom stereocenters. The average Bonchev–Trinajstić information content (AvgIpc) is 2.55. The highest BCUT2D eigenvalue weighted by Gasteiger charge is 2.29. The van der Waals surface area contributed by atoms with Gasteiger partial charge in [0.25, 0.3) is 0 Å². The second kappa shape index (κ2) is 7.33. The Kier molecular flexibility index (Phi) is 5.46. The Morgan fingerprint density at radius 3 is 2.76 bits per heavy atom. The summed E-state index contributed by atoms with van der Waals surface area (Å²) in [6, 6.07) is 8.39. The normalized spacial score (nSPS) is 21.6. The number of ether oxygens (including phenoxy) is 1. The fraction of sp³-hybridized carbons (Fsp3) is 0.588. The van der Waals surface area contributed by atoms with Crippen molar-refractivity contribution in [2.45, 2.75) is 38.6 Å². The van der Waals surface area contributed by atoms with E-state index in [0.717, 1.165) is 24.4 Å². The maximum absolute atomic E-state index is 9.41. The lowest BCUT2D eigenvalue weighted by Gasteiger charge is -2.41. The molecule has 1 aromatic rings. The zero-order chi connectivity index (χ0) is 15.2. The summed E-state index contributed by atoms with van der Waals surface area (Å²) in [5, 5.41) is 9.41. The number of hydrogen-bond acceptors (Lipinski definition) is 4. The Hall–Kier alpha value is -1.73. The van der Waals surface area contributed by atoms with Gasteiger partial charge in [0.15, 0.2) is 0 Å². The second-order valence-corrected chi connectivity index (χ2v) is 5.63. The van der Waals surface area contributed by atoms with E-state index < -0.39 is 0 Å². The fourth-order valence-electron chi connectivity index (χ4n) is 3.43. The van der Waals surface area contributed by atoms with E-state index in [2.05, 4.69) is 17.9 Å². The smallest absolute Gasteiger partial charge is 0.121 e. The van der Waals surface area contributed by atoms with Crippen LogP contribution in [0, 0.1) is 17.2 Å². The zero-order valence-corrected chi connectivity index (χ0v) is 13.0. The van der Waals surface area contributed by atoms with Crippen LogP contribution in [-0.4, -0.2) is 26.2 Å². The van der Waals surface area contributed by atoms with Gasteiger partial charge >= 0.3 is 0 Å². The van der Waals surface area contributed by atoms with Gasteiger partial charge in [-0.1, -0.05) is 12.8 Å². The largest absolute Gasteiger partial charge is 0.497 e. The van der Waals surface area contributed by atoms with E-state index in [9.17, 15) is 5.26 Å². The van der Waals surface area contributed by atoms with Gasteiger partial charge in [-0.15, -0.1) is 0 Å². The first-order chi connectivity index (χ1) is 10.2. The van der Waals surface area contributed by atoms with E-state index in [1.54, 1.807) is 7.11 Å². The molecule has 4 heteroatoms. The second-order valence-electron chi connectivity index (χ2n) is 5.63. The molecule has 0 bridgehead atoms. The van der Waals surface area contributed by atoms with E-state index in [1.807, 2.05) is 18.2 Å². The molecule has 1 aliphatic rings. The standard InChI is InChI=1S/C17H25N3O/c1-3-20(16-7-5-4-6-13(16)11-18)17-10-15(21-2)9-8-14(17)12-19/h8-10,13,16H,3-7,11,18H2,1-2H3. The minimum Gasteiger partial charge on any atom is -0.497 e. The molecule has 4 nitrogen and oxygen atoms in total. The first-order valence-corrected chi connectivity index (χ1v) is 7.80. The molecule has 0 spiro atoms. The maximum Gasteiger partial charge on any atom is 0.121 e. The fourth-order valence-corrected chi connectivity index (χ4v) is 3.43. The summed E-state index contributed by atoms with van der Waals surface area (Å²) in [6.07, 6.45) is 4.84. The van der Waals surface area contributed by atoms with Crippen LogP contribution in [0.3, 0.4) is 0 Å². The third-order valence-electron chi connectivity index (χ3n) is 4.55. The Labute approximate surface area is 127 Å². The molecule has 0 heterocycles. The molecule has 0 radical (unpaired) electrons. The molecule has 0 aromatic heterocycles. The van der Waals surface area contributed by atoms with Crippen LogP contribution >= 0.6 is 0 Å². The molecule has 0 amide bonds. The number of nitriles is 1. The summed E-state index contributed by atoms with van der Waals surface area (Å²) in [6.45, 7) is 3.73. The summed E-state index contributed by atoms with van der Waals surface area (Å²) in [5.74, 6) is 1.30. The van der Waals surface area contributed by atoms with Gasteiger partial charge in [-0.25, -0.2) is 0 Å². The van der Waals surface area contributed by atoms with Crippen LogP contribution in [-0.2, 0) is 0 Å². The van der Waals surface area contributed by atoms with Crippen LogP contribution in [0.1, 0.15) is 38.2 Å². The lowest BCUT2D eigenvalue weighted by atomic mass is 9.83.